The van der Waals surface area contributed by atoms with Crippen molar-refractivity contribution in [3.8, 4) is 0 Å². The van der Waals surface area contributed by atoms with Crippen LogP contribution in [0.2, 0.25) is 0 Å². The van der Waals surface area contributed by atoms with Crippen LogP contribution in [0.4, 0.5) is 0 Å². The molecular weight excluding hydrogens is 184 g/mol. The summed E-state index contributed by atoms with van der Waals surface area (Å²) in [6, 6.07) is 0. The van der Waals surface area contributed by atoms with E-state index in [4.69, 9.17) is 9.29 Å². The molecule has 0 aromatic rings. The molecule has 1 saturated heterocycles. The largest absolute Gasteiger partial charge is 0.397 e. The van der Waals surface area contributed by atoms with E-state index < -0.39 is 10.4 Å². The average molecular weight is 196 g/mol. The second-order valence-corrected chi connectivity index (χ2v) is 3.79. The molecule has 0 aromatic carbocycles. The van der Waals surface area contributed by atoms with Crippen molar-refractivity contribution in [2.75, 3.05) is 13.2 Å². The summed E-state index contributed by atoms with van der Waals surface area (Å²) in [4.78, 5) is 0. The van der Waals surface area contributed by atoms with Crippen molar-refractivity contribution >= 4 is 10.4 Å². The van der Waals surface area contributed by atoms with Crippen LogP contribution in [-0.2, 0) is 19.3 Å². The molecule has 1 rings (SSSR count). The van der Waals surface area contributed by atoms with E-state index in [2.05, 4.69) is 4.18 Å². The zero-order valence-electron chi connectivity index (χ0n) is 6.60. The Morgan fingerprint density at radius 3 is 2.75 bits per heavy atom. The van der Waals surface area contributed by atoms with Crippen molar-refractivity contribution in [2.45, 2.75) is 25.4 Å². The van der Waals surface area contributed by atoms with Gasteiger partial charge in [0.2, 0.25) is 0 Å². The maximum atomic E-state index is 10.2. The highest BCUT2D eigenvalue weighted by Gasteiger charge is 2.16. The molecule has 6 heteroatoms. The van der Waals surface area contributed by atoms with Gasteiger partial charge in [-0.3, -0.25) is 4.55 Å². The Kier molecular flexibility index (Phi) is 3.45. The summed E-state index contributed by atoms with van der Waals surface area (Å²) in [5.74, 6) is 0. The smallest absolute Gasteiger partial charge is 0.376 e. The van der Waals surface area contributed by atoms with Crippen LogP contribution < -0.4 is 0 Å². The lowest BCUT2D eigenvalue weighted by Gasteiger charge is -2.21. The third-order valence-corrected chi connectivity index (χ3v) is 2.11. The van der Waals surface area contributed by atoms with Gasteiger partial charge in [-0.2, -0.15) is 8.42 Å². The molecule has 1 fully saturated rings. The SMILES string of the molecule is O=S(=O)(O)OCC1CCCCO1. The summed E-state index contributed by atoms with van der Waals surface area (Å²) < 4.78 is 37.9. The first-order valence-corrected chi connectivity index (χ1v) is 5.18. The van der Waals surface area contributed by atoms with Crippen LogP contribution in [0.25, 0.3) is 0 Å². The van der Waals surface area contributed by atoms with Crippen LogP contribution in [0.5, 0.6) is 0 Å². The van der Waals surface area contributed by atoms with Gasteiger partial charge >= 0.3 is 10.4 Å². The summed E-state index contributed by atoms with van der Waals surface area (Å²) in [5.41, 5.74) is 0. The van der Waals surface area contributed by atoms with Crippen molar-refractivity contribution in [1.82, 2.24) is 0 Å². The second-order valence-electron chi connectivity index (χ2n) is 2.70. The Bertz CT molecular complexity index is 216. The first kappa shape index (κ1) is 9.91. The highest BCUT2D eigenvalue weighted by molar-refractivity contribution is 7.80. The molecule has 1 N–H and O–H groups in total. The van der Waals surface area contributed by atoms with E-state index in [1.165, 1.54) is 0 Å². The van der Waals surface area contributed by atoms with Gasteiger partial charge in [0.25, 0.3) is 0 Å². The third-order valence-electron chi connectivity index (χ3n) is 1.68. The minimum Gasteiger partial charge on any atom is -0.376 e. The molecule has 1 atom stereocenters. The van der Waals surface area contributed by atoms with Crippen molar-refractivity contribution < 1.29 is 21.9 Å². The van der Waals surface area contributed by atoms with Gasteiger partial charge in [-0.1, -0.05) is 0 Å². The molecule has 0 aromatic heterocycles. The molecule has 1 unspecified atom stereocenters. The molecule has 0 saturated carbocycles. The standard InChI is InChI=1S/C6H12O5S/c7-12(8,9)11-5-6-3-1-2-4-10-6/h6H,1-5H2,(H,7,8,9). The van der Waals surface area contributed by atoms with E-state index in [0.717, 1.165) is 19.3 Å². The van der Waals surface area contributed by atoms with Gasteiger partial charge in [0.15, 0.2) is 0 Å². The molecule has 72 valence electrons. The van der Waals surface area contributed by atoms with E-state index in [0.29, 0.717) is 6.61 Å². The molecule has 12 heavy (non-hydrogen) atoms. The zero-order valence-corrected chi connectivity index (χ0v) is 7.42. The molecule has 1 aliphatic rings. The highest BCUT2D eigenvalue weighted by atomic mass is 32.3. The van der Waals surface area contributed by atoms with Gasteiger partial charge in [-0.15, -0.1) is 0 Å². The molecule has 0 bridgehead atoms. The van der Waals surface area contributed by atoms with E-state index in [1.54, 1.807) is 0 Å². The lowest BCUT2D eigenvalue weighted by Crippen LogP contribution is -2.25. The fourth-order valence-electron chi connectivity index (χ4n) is 1.10. The lowest BCUT2D eigenvalue weighted by atomic mass is 10.1. The molecule has 5 nitrogen and oxygen atoms in total. The van der Waals surface area contributed by atoms with E-state index in [9.17, 15) is 8.42 Å². The van der Waals surface area contributed by atoms with Crippen LogP contribution in [0.15, 0.2) is 0 Å². The van der Waals surface area contributed by atoms with Crippen LogP contribution in [0.3, 0.4) is 0 Å². The van der Waals surface area contributed by atoms with Gasteiger partial charge in [0.05, 0.1) is 12.7 Å². The Morgan fingerprint density at radius 1 is 1.50 bits per heavy atom. The fraction of sp³-hybridized carbons (Fsp3) is 1.00. The minimum absolute atomic E-state index is 0.0845. The van der Waals surface area contributed by atoms with E-state index in [-0.39, 0.29) is 12.7 Å². The number of rotatable bonds is 3. The normalized spacial score (nSPS) is 25.6. The quantitative estimate of drug-likeness (QED) is 0.660. The summed E-state index contributed by atoms with van der Waals surface area (Å²) in [5, 5.41) is 0. The van der Waals surface area contributed by atoms with E-state index in [1.807, 2.05) is 0 Å². The van der Waals surface area contributed by atoms with E-state index >= 15 is 0 Å². The maximum Gasteiger partial charge on any atom is 0.397 e. The Morgan fingerprint density at radius 2 is 2.25 bits per heavy atom. The van der Waals surface area contributed by atoms with Gasteiger partial charge in [-0.25, -0.2) is 4.18 Å². The Hall–Kier alpha value is -0.170. The predicted octanol–water partition coefficient (Wildman–Crippen LogP) is 0.375. The molecule has 1 heterocycles. The summed E-state index contributed by atoms with van der Waals surface area (Å²) in [7, 11) is -4.30. The summed E-state index contributed by atoms with van der Waals surface area (Å²) in [6.45, 7) is 0.554. The van der Waals surface area contributed by atoms with Crippen molar-refractivity contribution in [3.63, 3.8) is 0 Å². The Balaban J connectivity index is 2.22. The first-order valence-electron chi connectivity index (χ1n) is 3.81. The molecule has 0 radical (unpaired) electrons. The number of hydrogen-bond acceptors (Lipinski definition) is 4. The fourth-order valence-corrected chi connectivity index (χ4v) is 1.42. The Labute approximate surface area is 71.6 Å². The van der Waals surface area contributed by atoms with Crippen molar-refractivity contribution in [2.24, 2.45) is 0 Å². The topological polar surface area (TPSA) is 72.8 Å². The predicted molar refractivity (Wildman–Crippen MR) is 41.1 cm³/mol. The van der Waals surface area contributed by atoms with Crippen LogP contribution in [0.1, 0.15) is 19.3 Å². The van der Waals surface area contributed by atoms with Gasteiger partial charge in [-0.05, 0) is 19.3 Å². The molecule has 0 amide bonds. The molecule has 1 aliphatic heterocycles. The average Bonchev–Trinajstić information content (AvgIpc) is 2.02. The summed E-state index contributed by atoms with van der Waals surface area (Å²) >= 11 is 0. The summed E-state index contributed by atoms with van der Waals surface area (Å²) in [6.07, 6.45) is 2.61. The van der Waals surface area contributed by atoms with Gasteiger partial charge < -0.3 is 4.74 Å². The molecule has 0 spiro atoms. The van der Waals surface area contributed by atoms with Crippen LogP contribution >= 0.6 is 0 Å². The molecule has 0 aliphatic carbocycles. The second kappa shape index (κ2) is 4.18. The third kappa shape index (κ3) is 4.01. The number of ether oxygens (including phenoxy) is 1. The maximum absolute atomic E-state index is 10.2. The highest BCUT2D eigenvalue weighted by Crippen LogP contribution is 2.13. The van der Waals surface area contributed by atoms with Crippen LogP contribution in [0, 0.1) is 0 Å². The minimum atomic E-state index is -4.30. The first-order chi connectivity index (χ1) is 5.58. The number of hydrogen-bond donors (Lipinski definition) is 1. The van der Waals surface area contributed by atoms with Crippen molar-refractivity contribution in [3.05, 3.63) is 0 Å². The van der Waals surface area contributed by atoms with Crippen LogP contribution in [-0.4, -0.2) is 32.3 Å². The lowest BCUT2D eigenvalue weighted by molar-refractivity contribution is -0.0119. The monoisotopic (exact) mass is 196 g/mol. The van der Waals surface area contributed by atoms with Gasteiger partial charge in [0.1, 0.15) is 0 Å². The zero-order chi connectivity index (χ0) is 9.03. The molecular formula is C6H12O5S. The van der Waals surface area contributed by atoms with Crippen molar-refractivity contribution in [1.29, 1.82) is 0 Å². The van der Waals surface area contributed by atoms with Gasteiger partial charge in [0, 0.05) is 6.61 Å².